The lowest BCUT2D eigenvalue weighted by Crippen LogP contribution is -3.00. The normalized spacial score (nSPS) is 15.8. The number of aromatic nitrogens is 1. The predicted molar refractivity (Wildman–Crippen MR) is 107 cm³/mol. The molecule has 1 aromatic carbocycles. The van der Waals surface area contributed by atoms with E-state index in [1.54, 1.807) is 10.6 Å². The van der Waals surface area contributed by atoms with Crippen molar-refractivity contribution in [3.05, 3.63) is 39.9 Å². The molecule has 0 saturated carbocycles. The predicted octanol–water partition coefficient (Wildman–Crippen LogP) is -2.52. The third-order valence-electron chi connectivity index (χ3n) is 5.90. The molecule has 3 N–H and O–H groups in total. The van der Waals surface area contributed by atoms with Gasteiger partial charge in [0.15, 0.2) is 0 Å². The number of benzene rings is 1. The fraction of sp³-hybridized carbons (Fsp3) is 0.500. The SMILES string of the molecule is CCn1cc(C(=O)O)c(=O)c2cc(F)c(N3CC[N+](CCO)(CCO)CC3)cc21.[Br-]. The standard InChI is InChI=1S/C20H26FN3O5.BrH/c1-2-22-13-15(20(28)29)19(27)14-11-16(21)18(12-17(14)22)23-3-5-24(6-4-23,7-9-25)8-10-26;/h11-13,25-26H,2-10H2,1H3;1H. The van der Waals surface area contributed by atoms with E-state index in [0.29, 0.717) is 61.5 Å². The molecule has 0 bridgehead atoms. The van der Waals surface area contributed by atoms with Crippen molar-refractivity contribution in [2.24, 2.45) is 0 Å². The van der Waals surface area contributed by atoms with Gasteiger partial charge in [0.2, 0.25) is 5.43 Å². The van der Waals surface area contributed by atoms with Crippen LogP contribution in [0.25, 0.3) is 10.9 Å². The van der Waals surface area contributed by atoms with Crippen LogP contribution in [0.1, 0.15) is 17.3 Å². The van der Waals surface area contributed by atoms with Gasteiger partial charge in [-0.25, -0.2) is 9.18 Å². The number of hydrogen-bond acceptors (Lipinski definition) is 5. The smallest absolute Gasteiger partial charge is 0.341 e. The van der Waals surface area contributed by atoms with Crippen LogP contribution in [0.4, 0.5) is 10.1 Å². The summed E-state index contributed by atoms with van der Waals surface area (Å²) in [5.74, 6) is -1.90. The van der Waals surface area contributed by atoms with Crippen molar-refractivity contribution in [1.29, 1.82) is 0 Å². The van der Waals surface area contributed by atoms with Crippen molar-refractivity contribution in [2.75, 3.05) is 57.4 Å². The number of fused-ring (bicyclic) bond motifs is 1. The molecule has 2 heterocycles. The van der Waals surface area contributed by atoms with Gasteiger partial charge in [-0.2, -0.15) is 0 Å². The second-order valence-electron chi connectivity index (χ2n) is 7.45. The zero-order valence-electron chi connectivity index (χ0n) is 16.9. The van der Waals surface area contributed by atoms with Crippen LogP contribution in [-0.4, -0.2) is 82.8 Å². The lowest BCUT2D eigenvalue weighted by atomic mass is 10.1. The summed E-state index contributed by atoms with van der Waals surface area (Å²) < 4.78 is 17.1. The van der Waals surface area contributed by atoms with Gasteiger partial charge in [0.05, 0.1) is 50.6 Å². The Hall–Kier alpha value is -2.01. The first-order valence-corrected chi connectivity index (χ1v) is 9.77. The number of nitrogens with zero attached hydrogens (tertiary/aromatic N) is 3. The van der Waals surface area contributed by atoms with E-state index in [-0.39, 0.29) is 41.1 Å². The summed E-state index contributed by atoms with van der Waals surface area (Å²) in [5.41, 5.74) is -0.202. The number of aromatic carboxylic acids is 1. The number of carboxylic acids is 1. The number of carboxylic acid groups (broad SMARTS) is 1. The maximum Gasteiger partial charge on any atom is 0.341 e. The lowest BCUT2D eigenvalue weighted by molar-refractivity contribution is -0.929. The van der Waals surface area contributed by atoms with Crippen molar-refractivity contribution >= 4 is 22.6 Å². The Labute approximate surface area is 184 Å². The summed E-state index contributed by atoms with van der Waals surface area (Å²) in [7, 11) is 0. The molecule has 0 spiro atoms. The van der Waals surface area contributed by atoms with Crippen LogP contribution in [0.2, 0.25) is 0 Å². The van der Waals surface area contributed by atoms with E-state index in [1.807, 2.05) is 11.8 Å². The number of aliphatic hydroxyl groups excluding tert-OH is 2. The maximum atomic E-state index is 14.9. The minimum atomic E-state index is -1.33. The summed E-state index contributed by atoms with van der Waals surface area (Å²) in [6.45, 7) is 5.83. The number of carbonyl (C=O) groups is 1. The topological polar surface area (TPSA) is 103 Å². The molecule has 0 radical (unpaired) electrons. The first-order valence-electron chi connectivity index (χ1n) is 9.77. The number of aryl methyl sites for hydroxylation is 1. The highest BCUT2D eigenvalue weighted by Gasteiger charge is 2.33. The second kappa shape index (κ2) is 9.86. The molecule has 1 aliphatic rings. The van der Waals surface area contributed by atoms with Crippen LogP contribution in [0.5, 0.6) is 0 Å². The quantitative estimate of drug-likeness (QED) is 0.372. The Morgan fingerprint density at radius 3 is 2.27 bits per heavy atom. The monoisotopic (exact) mass is 487 g/mol. The average Bonchev–Trinajstić information content (AvgIpc) is 2.69. The Balaban J connectivity index is 0.00000320. The molecular formula is C20H27BrFN3O5. The van der Waals surface area contributed by atoms with Gasteiger partial charge >= 0.3 is 5.97 Å². The van der Waals surface area contributed by atoms with E-state index < -0.39 is 17.2 Å². The molecule has 166 valence electrons. The van der Waals surface area contributed by atoms with E-state index in [2.05, 4.69) is 0 Å². The molecule has 2 aromatic rings. The molecule has 0 unspecified atom stereocenters. The highest BCUT2D eigenvalue weighted by atomic mass is 79.9. The van der Waals surface area contributed by atoms with Crippen molar-refractivity contribution in [2.45, 2.75) is 13.5 Å². The van der Waals surface area contributed by atoms with Crippen LogP contribution < -0.4 is 27.3 Å². The number of hydrogen-bond donors (Lipinski definition) is 3. The summed E-state index contributed by atoms with van der Waals surface area (Å²) in [6.07, 6.45) is 1.30. The van der Waals surface area contributed by atoms with Crippen molar-refractivity contribution in [3.8, 4) is 0 Å². The second-order valence-corrected chi connectivity index (χ2v) is 7.45. The summed E-state index contributed by atoms with van der Waals surface area (Å²) in [4.78, 5) is 25.7. The van der Waals surface area contributed by atoms with Crippen molar-refractivity contribution < 1.29 is 46.0 Å². The molecule has 1 fully saturated rings. The van der Waals surface area contributed by atoms with E-state index >= 15 is 0 Å². The van der Waals surface area contributed by atoms with Crippen LogP contribution in [0, 0.1) is 5.82 Å². The third kappa shape index (κ3) is 4.51. The molecule has 1 aliphatic heterocycles. The number of halogens is 2. The van der Waals surface area contributed by atoms with Gasteiger partial charge in [0, 0.05) is 18.1 Å². The van der Waals surface area contributed by atoms with Crippen LogP contribution >= 0.6 is 0 Å². The summed E-state index contributed by atoms with van der Waals surface area (Å²) in [5, 5.41) is 28.0. The zero-order chi connectivity index (χ0) is 21.2. The highest BCUT2D eigenvalue weighted by Crippen LogP contribution is 2.27. The number of anilines is 1. The van der Waals surface area contributed by atoms with Crippen molar-refractivity contribution in [3.63, 3.8) is 0 Å². The fourth-order valence-electron chi connectivity index (χ4n) is 4.17. The Kier molecular flexibility index (Phi) is 7.98. The molecule has 1 saturated heterocycles. The van der Waals surface area contributed by atoms with Crippen LogP contribution in [-0.2, 0) is 6.54 Å². The van der Waals surface area contributed by atoms with Crippen LogP contribution in [0.3, 0.4) is 0 Å². The molecule has 0 aliphatic carbocycles. The lowest BCUT2D eigenvalue weighted by Gasteiger charge is -2.45. The summed E-state index contributed by atoms with van der Waals surface area (Å²) >= 11 is 0. The van der Waals surface area contributed by atoms with Gasteiger partial charge in [0.1, 0.15) is 24.5 Å². The molecule has 0 amide bonds. The molecule has 30 heavy (non-hydrogen) atoms. The largest absolute Gasteiger partial charge is 1.00 e. The molecule has 1 aromatic heterocycles. The number of quaternary nitrogens is 1. The van der Waals surface area contributed by atoms with Gasteiger partial charge in [-0.05, 0) is 19.1 Å². The number of pyridine rings is 1. The van der Waals surface area contributed by atoms with E-state index in [0.717, 1.165) is 6.07 Å². The van der Waals surface area contributed by atoms with Crippen LogP contribution in [0.15, 0.2) is 23.1 Å². The van der Waals surface area contributed by atoms with Gasteiger partial charge in [-0.15, -0.1) is 0 Å². The Bertz CT molecular complexity index is 965. The molecule has 3 rings (SSSR count). The highest BCUT2D eigenvalue weighted by molar-refractivity contribution is 5.93. The minimum absolute atomic E-state index is 0. The van der Waals surface area contributed by atoms with Gasteiger partial charge in [-0.3, -0.25) is 4.79 Å². The molecule has 8 nitrogen and oxygen atoms in total. The number of piperazine rings is 1. The van der Waals surface area contributed by atoms with Gasteiger partial charge < -0.3 is 46.3 Å². The Morgan fingerprint density at radius 1 is 1.17 bits per heavy atom. The number of aliphatic hydroxyl groups is 2. The number of rotatable bonds is 7. The Morgan fingerprint density at radius 2 is 1.77 bits per heavy atom. The molecular weight excluding hydrogens is 461 g/mol. The van der Waals surface area contributed by atoms with E-state index in [9.17, 15) is 29.3 Å². The van der Waals surface area contributed by atoms with E-state index in [1.165, 1.54) is 6.20 Å². The van der Waals surface area contributed by atoms with E-state index in [4.69, 9.17) is 0 Å². The average molecular weight is 488 g/mol. The fourth-order valence-corrected chi connectivity index (χ4v) is 4.17. The van der Waals surface area contributed by atoms with Gasteiger partial charge in [0.25, 0.3) is 0 Å². The first-order chi connectivity index (χ1) is 13.9. The first kappa shape index (κ1) is 24.3. The zero-order valence-corrected chi connectivity index (χ0v) is 18.4. The maximum absolute atomic E-state index is 14.9. The molecule has 0 atom stereocenters. The third-order valence-corrected chi connectivity index (χ3v) is 5.90. The van der Waals surface area contributed by atoms with Gasteiger partial charge in [-0.1, -0.05) is 0 Å². The summed E-state index contributed by atoms with van der Waals surface area (Å²) in [6, 6.07) is 2.74. The van der Waals surface area contributed by atoms with Crippen molar-refractivity contribution in [1.82, 2.24) is 4.57 Å². The molecule has 10 heteroatoms. The minimum Gasteiger partial charge on any atom is -1.00 e.